The molecule has 0 bridgehead atoms. The molecule has 0 radical (unpaired) electrons. The molecule has 4 rings (SSSR count). The van der Waals surface area contributed by atoms with Crippen LogP contribution in [-0.2, 0) is 16.6 Å². The Morgan fingerprint density at radius 1 is 1.19 bits per heavy atom. The Hall–Kier alpha value is -2.10. The first-order chi connectivity index (χ1) is 12.9. The van der Waals surface area contributed by atoms with E-state index < -0.39 is 16.6 Å². The highest BCUT2D eigenvalue weighted by atomic mass is 32.2. The van der Waals surface area contributed by atoms with Crippen molar-refractivity contribution >= 4 is 10.0 Å². The Balaban J connectivity index is 1.65. The van der Waals surface area contributed by atoms with E-state index in [-0.39, 0.29) is 29.0 Å². The van der Waals surface area contributed by atoms with Crippen LogP contribution < -0.4 is 10.1 Å². The van der Waals surface area contributed by atoms with Gasteiger partial charge in [0.05, 0.1) is 4.90 Å². The van der Waals surface area contributed by atoms with Gasteiger partial charge in [-0.2, -0.15) is 13.1 Å². The molecule has 2 atom stereocenters. The minimum Gasteiger partial charge on any atom is -0.435 e. The van der Waals surface area contributed by atoms with Crippen LogP contribution in [0.15, 0.2) is 47.5 Å². The number of hydrogen-bond acceptors (Lipinski definition) is 5. The van der Waals surface area contributed by atoms with Gasteiger partial charge in [-0.05, 0) is 48.4 Å². The first-order valence-electron chi connectivity index (χ1n) is 8.64. The SMILES string of the molecule is O=S(=O)(c1ccc(OC(F)F)cc1)N1Cc2cccnc2[C@H]2CNC[C@@H]2C1. The molecule has 6 nitrogen and oxygen atoms in total. The van der Waals surface area contributed by atoms with Gasteiger partial charge < -0.3 is 10.1 Å². The predicted octanol–water partition coefficient (Wildman–Crippen LogP) is 2.19. The van der Waals surface area contributed by atoms with Crippen LogP contribution in [-0.4, -0.2) is 44.0 Å². The second-order valence-electron chi connectivity index (χ2n) is 6.72. The Morgan fingerprint density at radius 3 is 2.70 bits per heavy atom. The summed E-state index contributed by atoms with van der Waals surface area (Å²) in [4.78, 5) is 4.56. The first kappa shape index (κ1) is 18.3. The van der Waals surface area contributed by atoms with Crippen LogP contribution in [0.25, 0.3) is 0 Å². The van der Waals surface area contributed by atoms with Crippen LogP contribution in [0.1, 0.15) is 17.2 Å². The Kier molecular flexibility index (Phi) is 4.83. The molecule has 1 saturated heterocycles. The lowest BCUT2D eigenvalue weighted by molar-refractivity contribution is -0.0498. The van der Waals surface area contributed by atoms with E-state index in [4.69, 9.17) is 0 Å². The molecule has 2 aliphatic heterocycles. The smallest absolute Gasteiger partial charge is 0.387 e. The van der Waals surface area contributed by atoms with Crippen molar-refractivity contribution in [1.29, 1.82) is 0 Å². The summed E-state index contributed by atoms with van der Waals surface area (Å²) in [5, 5.41) is 3.32. The summed E-state index contributed by atoms with van der Waals surface area (Å²) in [6, 6.07) is 8.80. The summed E-state index contributed by atoms with van der Waals surface area (Å²) in [6.45, 7) is -0.816. The number of benzene rings is 1. The van der Waals surface area contributed by atoms with E-state index >= 15 is 0 Å². The fourth-order valence-corrected chi connectivity index (χ4v) is 5.28. The number of rotatable bonds is 4. The van der Waals surface area contributed by atoms with Gasteiger partial charge in [0.25, 0.3) is 0 Å². The van der Waals surface area contributed by atoms with Crippen molar-refractivity contribution in [2.75, 3.05) is 19.6 Å². The van der Waals surface area contributed by atoms with E-state index in [1.807, 2.05) is 12.1 Å². The third-order valence-electron chi connectivity index (χ3n) is 5.09. The van der Waals surface area contributed by atoms with Gasteiger partial charge >= 0.3 is 6.61 Å². The van der Waals surface area contributed by atoms with Crippen LogP contribution >= 0.6 is 0 Å². The molecule has 2 aliphatic rings. The van der Waals surface area contributed by atoms with Gasteiger partial charge in [0.1, 0.15) is 5.75 Å². The Labute approximate surface area is 156 Å². The van der Waals surface area contributed by atoms with Crippen molar-refractivity contribution in [2.45, 2.75) is 24.0 Å². The fraction of sp³-hybridized carbons (Fsp3) is 0.389. The lowest BCUT2D eigenvalue weighted by Crippen LogP contribution is -2.35. The van der Waals surface area contributed by atoms with E-state index in [1.54, 1.807) is 6.20 Å². The van der Waals surface area contributed by atoms with Crippen molar-refractivity contribution in [2.24, 2.45) is 5.92 Å². The average Bonchev–Trinajstić information content (AvgIpc) is 3.03. The third-order valence-corrected chi connectivity index (χ3v) is 6.91. The number of alkyl halides is 2. The van der Waals surface area contributed by atoms with Crippen molar-refractivity contribution in [1.82, 2.24) is 14.6 Å². The van der Waals surface area contributed by atoms with Gasteiger partial charge in [-0.1, -0.05) is 6.07 Å². The van der Waals surface area contributed by atoms with E-state index in [9.17, 15) is 17.2 Å². The summed E-state index contributed by atoms with van der Waals surface area (Å²) >= 11 is 0. The minimum atomic E-state index is -3.78. The fourth-order valence-electron chi connectivity index (χ4n) is 3.80. The first-order valence-corrected chi connectivity index (χ1v) is 10.1. The van der Waals surface area contributed by atoms with Gasteiger partial charge in [0, 0.05) is 37.4 Å². The topological polar surface area (TPSA) is 71.5 Å². The van der Waals surface area contributed by atoms with Crippen LogP contribution in [0.5, 0.6) is 5.75 Å². The lowest BCUT2D eigenvalue weighted by Gasteiger charge is -2.23. The molecule has 1 fully saturated rings. The molecular formula is C18H19F2N3O3S. The summed E-state index contributed by atoms with van der Waals surface area (Å²) < 4.78 is 56.7. The highest BCUT2D eigenvalue weighted by Crippen LogP contribution is 2.35. The highest BCUT2D eigenvalue weighted by Gasteiger charge is 2.39. The number of aromatic nitrogens is 1. The summed E-state index contributed by atoms with van der Waals surface area (Å²) in [5.41, 5.74) is 1.85. The molecule has 3 heterocycles. The van der Waals surface area contributed by atoms with Crippen LogP contribution in [0, 0.1) is 5.92 Å². The van der Waals surface area contributed by atoms with Crippen molar-refractivity contribution in [3.05, 3.63) is 53.9 Å². The summed E-state index contributed by atoms with van der Waals surface area (Å²) in [6.07, 6.45) is 1.74. The van der Waals surface area contributed by atoms with Crippen LogP contribution in [0.2, 0.25) is 0 Å². The number of hydrogen-bond donors (Lipinski definition) is 1. The molecule has 0 spiro atoms. The Bertz CT molecular complexity index is 922. The molecule has 0 unspecified atom stereocenters. The van der Waals surface area contributed by atoms with E-state index in [2.05, 4.69) is 15.0 Å². The maximum Gasteiger partial charge on any atom is 0.387 e. The number of sulfonamides is 1. The zero-order valence-corrected chi connectivity index (χ0v) is 15.2. The number of nitrogens with one attached hydrogen (secondary N) is 1. The van der Waals surface area contributed by atoms with E-state index in [0.717, 1.165) is 24.3 Å². The van der Waals surface area contributed by atoms with Crippen LogP contribution in [0.3, 0.4) is 0 Å². The molecule has 1 aromatic heterocycles. The minimum absolute atomic E-state index is 0.0546. The molecular weight excluding hydrogens is 376 g/mol. The maximum atomic E-state index is 13.2. The summed E-state index contributed by atoms with van der Waals surface area (Å²) in [7, 11) is -3.78. The zero-order chi connectivity index (χ0) is 19.0. The standard InChI is InChI=1S/C18H19F2N3O3S/c19-18(20)26-14-3-5-15(6-4-14)27(24,25)23-10-12-2-1-7-22-17(12)16-9-21-8-13(16)11-23/h1-7,13,16,18,21H,8-11H2/t13-,16+/m1/s1. The van der Waals surface area contributed by atoms with Crippen molar-refractivity contribution in [3.63, 3.8) is 0 Å². The summed E-state index contributed by atoms with van der Waals surface area (Å²) in [5.74, 6) is 0.245. The molecule has 1 aromatic carbocycles. The van der Waals surface area contributed by atoms with Gasteiger partial charge in [-0.25, -0.2) is 8.42 Å². The largest absolute Gasteiger partial charge is 0.435 e. The lowest BCUT2D eigenvalue weighted by atomic mass is 9.91. The third kappa shape index (κ3) is 3.54. The quantitative estimate of drug-likeness (QED) is 0.859. The molecule has 9 heteroatoms. The number of halogens is 2. The second kappa shape index (κ2) is 7.14. The van der Waals surface area contributed by atoms with Crippen molar-refractivity contribution in [3.8, 4) is 5.75 Å². The molecule has 0 aliphatic carbocycles. The monoisotopic (exact) mass is 395 g/mol. The molecule has 0 amide bonds. The molecule has 2 aromatic rings. The number of ether oxygens (including phenoxy) is 1. The van der Waals surface area contributed by atoms with Crippen molar-refractivity contribution < 1.29 is 21.9 Å². The Morgan fingerprint density at radius 2 is 1.96 bits per heavy atom. The van der Waals surface area contributed by atoms with Crippen LogP contribution in [0.4, 0.5) is 8.78 Å². The van der Waals surface area contributed by atoms with E-state index in [0.29, 0.717) is 6.54 Å². The van der Waals surface area contributed by atoms with Gasteiger partial charge in [0.2, 0.25) is 10.0 Å². The zero-order valence-electron chi connectivity index (χ0n) is 14.4. The highest BCUT2D eigenvalue weighted by molar-refractivity contribution is 7.89. The maximum absolute atomic E-state index is 13.2. The normalized spacial score (nSPS) is 22.9. The molecule has 27 heavy (non-hydrogen) atoms. The average molecular weight is 395 g/mol. The predicted molar refractivity (Wildman–Crippen MR) is 94.0 cm³/mol. The molecule has 1 N–H and O–H groups in total. The number of nitrogens with zero attached hydrogens (tertiary/aromatic N) is 2. The van der Waals surface area contributed by atoms with Gasteiger partial charge in [-0.15, -0.1) is 0 Å². The van der Waals surface area contributed by atoms with Gasteiger partial charge in [-0.3, -0.25) is 4.98 Å². The molecule has 0 saturated carbocycles. The second-order valence-corrected chi connectivity index (χ2v) is 8.66. The van der Waals surface area contributed by atoms with E-state index in [1.165, 1.54) is 28.6 Å². The number of fused-ring (bicyclic) bond motifs is 3. The van der Waals surface area contributed by atoms with Gasteiger partial charge in [0.15, 0.2) is 0 Å². The number of pyridine rings is 1. The molecule has 144 valence electrons.